The van der Waals surface area contributed by atoms with E-state index in [-0.39, 0.29) is 5.82 Å². The van der Waals surface area contributed by atoms with Crippen molar-refractivity contribution in [1.29, 1.82) is 5.26 Å². The van der Waals surface area contributed by atoms with E-state index >= 15 is 0 Å². The van der Waals surface area contributed by atoms with Crippen molar-refractivity contribution in [2.24, 2.45) is 0 Å². The fourth-order valence-corrected chi connectivity index (χ4v) is 1.50. The van der Waals surface area contributed by atoms with Crippen molar-refractivity contribution in [3.8, 4) is 17.3 Å². The highest BCUT2D eigenvalue weighted by Crippen LogP contribution is 2.23. The molecule has 1 aromatic heterocycles. The Morgan fingerprint density at radius 2 is 1.81 bits per heavy atom. The van der Waals surface area contributed by atoms with E-state index in [0.29, 0.717) is 22.0 Å². The number of hydrogen-bond acceptors (Lipinski definition) is 2. The first kappa shape index (κ1) is 10.6. The van der Waals surface area contributed by atoms with Crippen LogP contribution in [-0.4, -0.2) is 4.98 Å². The Balaban J connectivity index is 2.59. The Labute approximate surface area is 96.9 Å². The van der Waals surface area contributed by atoms with Crippen molar-refractivity contribution in [1.82, 2.24) is 4.98 Å². The van der Waals surface area contributed by atoms with Crippen molar-refractivity contribution in [2.45, 2.75) is 0 Å². The predicted molar refractivity (Wildman–Crippen MR) is 59.4 cm³/mol. The maximum atomic E-state index is 12.8. The summed E-state index contributed by atoms with van der Waals surface area (Å²) < 4.78 is 12.8. The van der Waals surface area contributed by atoms with Gasteiger partial charge >= 0.3 is 0 Å². The van der Waals surface area contributed by atoms with E-state index in [1.807, 2.05) is 6.07 Å². The van der Waals surface area contributed by atoms with Crippen LogP contribution in [0, 0.1) is 17.1 Å². The fraction of sp³-hybridized carbons (Fsp3) is 0. The molecule has 0 bridgehead atoms. The van der Waals surface area contributed by atoms with Gasteiger partial charge in [0.15, 0.2) is 0 Å². The quantitative estimate of drug-likeness (QED) is 0.707. The van der Waals surface area contributed by atoms with E-state index in [4.69, 9.17) is 16.9 Å². The number of nitriles is 1. The van der Waals surface area contributed by atoms with Crippen LogP contribution >= 0.6 is 11.6 Å². The molecule has 2 aromatic rings. The van der Waals surface area contributed by atoms with Gasteiger partial charge in [-0.3, -0.25) is 0 Å². The van der Waals surface area contributed by atoms with Crippen molar-refractivity contribution in [3.05, 3.63) is 52.9 Å². The van der Waals surface area contributed by atoms with E-state index in [9.17, 15) is 4.39 Å². The lowest BCUT2D eigenvalue weighted by Gasteiger charge is -2.03. The smallest absolute Gasteiger partial charge is 0.129 e. The highest BCUT2D eigenvalue weighted by Gasteiger charge is 2.07. The molecule has 0 radical (unpaired) electrons. The van der Waals surface area contributed by atoms with Gasteiger partial charge in [0.25, 0.3) is 0 Å². The maximum absolute atomic E-state index is 12.8. The normalized spacial score (nSPS) is 9.81. The van der Waals surface area contributed by atoms with E-state index in [2.05, 4.69) is 4.98 Å². The highest BCUT2D eigenvalue weighted by molar-refractivity contribution is 6.29. The SMILES string of the molecule is N#Cc1ccc(Cl)nc1-c1ccc(F)cc1. The summed E-state index contributed by atoms with van der Waals surface area (Å²) in [4.78, 5) is 4.06. The fourth-order valence-electron chi connectivity index (χ4n) is 1.35. The lowest BCUT2D eigenvalue weighted by molar-refractivity contribution is 0.628. The summed E-state index contributed by atoms with van der Waals surface area (Å²) >= 11 is 5.76. The van der Waals surface area contributed by atoms with Gasteiger partial charge in [0.1, 0.15) is 17.0 Å². The molecule has 0 aliphatic carbocycles. The van der Waals surface area contributed by atoms with E-state index in [0.717, 1.165) is 0 Å². The van der Waals surface area contributed by atoms with Gasteiger partial charge in [0.05, 0.1) is 11.3 Å². The van der Waals surface area contributed by atoms with Crippen LogP contribution in [-0.2, 0) is 0 Å². The van der Waals surface area contributed by atoms with Gasteiger partial charge in [0, 0.05) is 5.56 Å². The zero-order valence-corrected chi connectivity index (χ0v) is 8.87. The molecular weight excluding hydrogens is 227 g/mol. The summed E-state index contributed by atoms with van der Waals surface area (Å²) in [6.07, 6.45) is 0. The molecule has 0 aliphatic heterocycles. The lowest BCUT2D eigenvalue weighted by Crippen LogP contribution is -1.89. The Bertz CT molecular complexity index is 558. The third-order valence-corrected chi connectivity index (χ3v) is 2.31. The lowest BCUT2D eigenvalue weighted by atomic mass is 10.1. The van der Waals surface area contributed by atoms with Crippen molar-refractivity contribution < 1.29 is 4.39 Å². The van der Waals surface area contributed by atoms with E-state index < -0.39 is 0 Å². The number of aromatic nitrogens is 1. The minimum absolute atomic E-state index is 0.304. The number of pyridine rings is 1. The Morgan fingerprint density at radius 3 is 2.44 bits per heavy atom. The van der Waals surface area contributed by atoms with Crippen LogP contribution in [0.1, 0.15) is 5.56 Å². The number of benzene rings is 1. The summed E-state index contributed by atoms with van der Waals surface area (Å²) in [5.41, 5.74) is 1.55. The highest BCUT2D eigenvalue weighted by atomic mass is 35.5. The van der Waals surface area contributed by atoms with Crippen LogP contribution in [0.25, 0.3) is 11.3 Å². The molecule has 2 nitrogen and oxygen atoms in total. The van der Waals surface area contributed by atoms with Crippen LogP contribution < -0.4 is 0 Å². The van der Waals surface area contributed by atoms with Crippen molar-refractivity contribution in [3.63, 3.8) is 0 Å². The minimum Gasteiger partial charge on any atom is -0.235 e. The first-order chi connectivity index (χ1) is 7.70. The van der Waals surface area contributed by atoms with Gasteiger partial charge < -0.3 is 0 Å². The Hall–Kier alpha value is -1.92. The molecule has 0 saturated heterocycles. The molecule has 1 aromatic carbocycles. The minimum atomic E-state index is -0.329. The number of halogens is 2. The molecule has 0 spiro atoms. The molecule has 16 heavy (non-hydrogen) atoms. The van der Waals surface area contributed by atoms with E-state index in [1.54, 1.807) is 24.3 Å². The largest absolute Gasteiger partial charge is 0.235 e. The second kappa shape index (κ2) is 4.30. The van der Waals surface area contributed by atoms with Crippen LogP contribution in [0.15, 0.2) is 36.4 Å². The van der Waals surface area contributed by atoms with Crippen LogP contribution in [0.4, 0.5) is 4.39 Å². The molecule has 78 valence electrons. The Morgan fingerprint density at radius 1 is 1.12 bits per heavy atom. The second-order valence-electron chi connectivity index (χ2n) is 3.15. The van der Waals surface area contributed by atoms with Gasteiger partial charge in [0.2, 0.25) is 0 Å². The molecule has 0 unspecified atom stereocenters. The van der Waals surface area contributed by atoms with Crippen LogP contribution in [0.5, 0.6) is 0 Å². The molecule has 4 heteroatoms. The third kappa shape index (κ3) is 2.02. The van der Waals surface area contributed by atoms with Gasteiger partial charge in [-0.25, -0.2) is 9.37 Å². The molecule has 0 atom stereocenters. The standard InChI is InChI=1S/C12H6ClFN2/c13-11-6-3-9(7-15)12(16-11)8-1-4-10(14)5-2-8/h1-6H. The second-order valence-corrected chi connectivity index (χ2v) is 3.54. The van der Waals surface area contributed by atoms with Gasteiger partial charge in [-0.2, -0.15) is 5.26 Å². The van der Waals surface area contributed by atoms with Crippen molar-refractivity contribution >= 4 is 11.6 Å². The first-order valence-corrected chi connectivity index (χ1v) is 4.91. The van der Waals surface area contributed by atoms with Gasteiger partial charge in [-0.1, -0.05) is 11.6 Å². The third-order valence-electron chi connectivity index (χ3n) is 2.10. The van der Waals surface area contributed by atoms with Gasteiger partial charge in [-0.05, 0) is 36.4 Å². The van der Waals surface area contributed by atoms with Crippen LogP contribution in [0.2, 0.25) is 5.15 Å². The average molecular weight is 233 g/mol. The molecular formula is C12H6ClFN2. The van der Waals surface area contributed by atoms with Crippen molar-refractivity contribution in [2.75, 3.05) is 0 Å². The molecule has 0 N–H and O–H groups in total. The number of rotatable bonds is 1. The molecule has 0 fully saturated rings. The molecule has 0 amide bonds. The zero-order valence-electron chi connectivity index (χ0n) is 8.11. The Kier molecular flexibility index (Phi) is 2.84. The monoisotopic (exact) mass is 232 g/mol. The molecule has 0 aliphatic rings. The number of hydrogen-bond donors (Lipinski definition) is 0. The summed E-state index contributed by atoms with van der Waals surface area (Å²) in [6, 6.07) is 10.9. The summed E-state index contributed by atoms with van der Waals surface area (Å²) in [6.45, 7) is 0. The van der Waals surface area contributed by atoms with Crippen LogP contribution in [0.3, 0.4) is 0 Å². The average Bonchev–Trinajstić information content (AvgIpc) is 2.30. The topological polar surface area (TPSA) is 36.7 Å². The van der Waals surface area contributed by atoms with Gasteiger partial charge in [-0.15, -0.1) is 0 Å². The molecule has 1 heterocycles. The summed E-state index contributed by atoms with van der Waals surface area (Å²) in [7, 11) is 0. The number of nitrogens with zero attached hydrogens (tertiary/aromatic N) is 2. The first-order valence-electron chi connectivity index (χ1n) is 4.53. The molecule has 2 rings (SSSR count). The zero-order chi connectivity index (χ0) is 11.5. The maximum Gasteiger partial charge on any atom is 0.129 e. The summed E-state index contributed by atoms with van der Waals surface area (Å²) in [5.74, 6) is -0.329. The summed E-state index contributed by atoms with van der Waals surface area (Å²) in [5, 5.41) is 9.22. The predicted octanol–water partition coefficient (Wildman–Crippen LogP) is 3.41. The van der Waals surface area contributed by atoms with E-state index in [1.165, 1.54) is 12.1 Å². The molecule has 0 saturated carbocycles.